The fraction of sp³-hybridized carbons (Fsp3) is 0.647. The van der Waals surface area contributed by atoms with Crippen LogP contribution >= 0.6 is 11.6 Å². The number of rotatable bonds is 9. The van der Waals surface area contributed by atoms with E-state index in [0.29, 0.717) is 11.9 Å². The summed E-state index contributed by atoms with van der Waals surface area (Å²) in [6.45, 7) is 9.10. The number of likely N-dealkylation sites (N-methyl/N-ethyl adjacent to an activating group) is 2. The number of hydrogen-bond acceptors (Lipinski definition) is 5. The molecule has 0 fully saturated rings. The summed E-state index contributed by atoms with van der Waals surface area (Å²) < 4.78 is 7.78. The summed E-state index contributed by atoms with van der Waals surface area (Å²) in [6, 6.07) is 1.28. The second-order valence-corrected chi connectivity index (χ2v) is 13.8. The second kappa shape index (κ2) is 8.59. The van der Waals surface area contributed by atoms with E-state index >= 15 is 0 Å². The number of pyridine rings is 1. The first-order valence-corrected chi connectivity index (χ1v) is 12.7. The van der Waals surface area contributed by atoms with Crippen LogP contribution in [0.15, 0.2) is 12.4 Å². The lowest BCUT2D eigenvalue weighted by Crippen LogP contribution is -2.29. The van der Waals surface area contributed by atoms with E-state index in [-0.39, 0.29) is 6.04 Å². The van der Waals surface area contributed by atoms with E-state index in [1.165, 1.54) is 0 Å². The molecule has 1 N–H and O–H groups in total. The second-order valence-electron chi connectivity index (χ2n) is 7.86. The summed E-state index contributed by atoms with van der Waals surface area (Å²) in [5.74, 6) is 0. The molecule has 8 heteroatoms. The molecule has 1 atom stereocenters. The highest BCUT2D eigenvalue weighted by Gasteiger charge is 2.20. The van der Waals surface area contributed by atoms with Crippen molar-refractivity contribution in [1.29, 1.82) is 0 Å². The van der Waals surface area contributed by atoms with Gasteiger partial charge in [-0.25, -0.2) is 9.67 Å². The van der Waals surface area contributed by atoms with Gasteiger partial charge in [-0.2, -0.15) is 5.10 Å². The Morgan fingerprint density at radius 1 is 1.32 bits per heavy atom. The third kappa shape index (κ3) is 5.49. The third-order valence-corrected chi connectivity index (χ3v) is 6.14. The standard InChI is InChI=1S/C17H30ClN5OSi/c1-19-15(11-22(2)3)13-9-20-17(18)14-10-21-23(16(13)14)12-24-7-8-25(4,5)6/h9-10,15,19H,7-8,11-12H2,1-6H3/t15-/m1/s1. The summed E-state index contributed by atoms with van der Waals surface area (Å²) in [4.78, 5) is 6.49. The van der Waals surface area contributed by atoms with Crippen molar-refractivity contribution in [2.45, 2.75) is 38.5 Å². The van der Waals surface area contributed by atoms with Crippen LogP contribution in [0.4, 0.5) is 0 Å². The molecule has 0 aliphatic heterocycles. The first-order chi connectivity index (χ1) is 11.7. The van der Waals surface area contributed by atoms with Gasteiger partial charge in [-0.3, -0.25) is 0 Å². The quantitative estimate of drug-likeness (QED) is 0.409. The molecule has 2 heterocycles. The van der Waals surface area contributed by atoms with Gasteiger partial charge in [0, 0.05) is 39.0 Å². The van der Waals surface area contributed by atoms with Crippen LogP contribution in [0.2, 0.25) is 30.8 Å². The van der Waals surface area contributed by atoms with Gasteiger partial charge in [0.15, 0.2) is 0 Å². The minimum Gasteiger partial charge on any atom is -0.360 e. The van der Waals surface area contributed by atoms with Gasteiger partial charge >= 0.3 is 0 Å². The van der Waals surface area contributed by atoms with Crippen molar-refractivity contribution in [2.24, 2.45) is 0 Å². The third-order valence-electron chi connectivity index (χ3n) is 4.13. The Morgan fingerprint density at radius 2 is 2.04 bits per heavy atom. The van der Waals surface area contributed by atoms with E-state index in [0.717, 1.165) is 35.7 Å². The van der Waals surface area contributed by atoms with E-state index in [2.05, 4.69) is 54.0 Å². The molecule has 25 heavy (non-hydrogen) atoms. The Balaban J connectivity index is 2.27. The largest absolute Gasteiger partial charge is 0.360 e. The van der Waals surface area contributed by atoms with Crippen molar-refractivity contribution >= 4 is 30.6 Å². The molecule has 0 saturated carbocycles. The zero-order valence-corrected chi connectivity index (χ0v) is 17.9. The highest BCUT2D eigenvalue weighted by atomic mass is 35.5. The van der Waals surface area contributed by atoms with Crippen LogP contribution in [0, 0.1) is 0 Å². The molecule has 0 aliphatic rings. The maximum atomic E-state index is 6.29. The summed E-state index contributed by atoms with van der Waals surface area (Å²) in [5, 5.41) is 9.19. The summed E-state index contributed by atoms with van der Waals surface area (Å²) >= 11 is 6.29. The Morgan fingerprint density at radius 3 is 2.64 bits per heavy atom. The lowest BCUT2D eigenvalue weighted by molar-refractivity contribution is 0.0815. The van der Waals surface area contributed by atoms with Crippen LogP contribution in [-0.2, 0) is 11.5 Å². The van der Waals surface area contributed by atoms with Crippen LogP contribution in [0.3, 0.4) is 0 Å². The highest BCUT2D eigenvalue weighted by Crippen LogP contribution is 2.28. The molecule has 0 bridgehead atoms. The van der Waals surface area contributed by atoms with Gasteiger partial charge < -0.3 is 15.0 Å². The monoisotopic (exact) mass is 383 g/mol. The van der Waals surface area contributed by atoms with Gasteiger partial charge in [-0.05, 0) is 27.2 Å². The van der Waals surface area contributed by atoms with E-state index in [1.807, 2.05) is 17.9 Å². The molecule has 140 valence electrons. The predicted molar refractivity (Wildman–Crippen MR) is 107 cm³/mol. The molecular formula is C17H30ClN5OSi. The van der Waals surface area contributed by atoms with Gasteiger partial charge in [0.05, 0.1) is 17.1 Å². The Kier molecular flexibility index (Phi) is 6.99. The molecule has 0 unspecified atom stereocenters. The first kappa shape index (κ1) is 20.3. The molecule has 6 nitrogen and oxygen atoms in total. The normalized spacial score (nSPS) is 13.8. The van der Waals surface area contributed by atoms with E-state index in [1.54, 1.807) is 6.20 Å². The van der Waals surface area contributed by atoms with Crippen molar-refractivity contribution in [3.63, 3.8) is 0 Å². The van der Waals surface area contributed by atoms with E-state index in [9.17, 15) is 0 Å². The molecule has 0 aromatic carbocycles. The van der Waals surface area contributed by atoms with Crippen LogP contribution in [0.1, 0.15) is 11.6 Å². The van der Waals surface area contributed by atoms with Crippen molar-refractivity contribution < 1.29 is 4.74 Å². The van der Waals surface area contributed by atoms with E-state index in [4.69, 9.17) is 16.3 Å². The zero-order valence-electron chi connectivity index (χ0n) is 16.1. The fourth-order valence-corrected chi connectivity index (χ4v) is 3.63. The maximum Gasteiger partial charge on any atom is 0.140 e. The molecule has 0 saturated heterocycles. The Bertz CT molecular complexity index is 698. The fourth-order valence-electron chi connectivity index (χ4n) is 2.69. The molecule has 0 aliphatic carbocycles. The molecule has 2 rings (SSSR count). The van der Waals surface area contributed by atoms with Gasteiger partial charge in [0.2, 0.25) is 0 Å². The number of nitrogens with one attached hydrogen (secondary N) is 1. The SMILES string of the molecule is CN[C@H](CN(C)C)c1cnc(Cl)c2cnn(COCC[Si](C)(C)C)c12. The predicted octanol–water partition coefficient (Wildman–Crippen LogP) is 3.22. The Labute approximate surface area is 156 Å². The first-order valence-electron chi connectivity index (χ1n) is 8.62. The van der Waals surface area contributed by atoms with Crippen molar-refractivity contribution in [1.82, 2.24) is 25.0 Å². The van der Waals surface area contributed by atoms with E-state index < -0.39 is 8.07 Å². The summed E-state index contributed by atoms with van der Waals surface area (Å²) in [6.07, 6.45) is 3.62. The van der Waals surface area contributed by atoms with Gasteiger partial charge in [-0.1, -0.05) is 31.2 Å². The average Bonchev–Trinajstić information content (AvgIpc) is 2.94. The molecule has 0 radical (unpaired) electrons. The summed E-state index contributed by atoms with van der Waals surface area (Å²) in [5.41, 5.74) is 2.08. The van der Waals surface area contributed by atoms with Gasteiger partial charge in [0.1, 0.15) is 11.9 Å². The smallest absolute Gasteiger partial charge is 0.140 e. The van der Waals surface area contributed by atoms with Crippen LogP contribution in [-0.4, -0.2) is 62.0 Å². The Hall–Kier alpha value is -0.993. The number of ether oxygens (including phenoxy) is 1. The van der Waals surface area contributed by atoms with Crippen molar-refractivity contribution in [2.75, 3.05) is 34.3 Å². The molecule has 2 aromatic rings. The molecule has 0 spiro atoms. The number of aromatic nitrogens is 3. The van der Waals surface area contributed by atoms with Crippen molar-refractivity contribution in [3.8, 4) is 0 Å². The lowest BCUT2D eigenvalue weighted by Gasteiger charge is -2.22. The van der Waals surface area contributed by atoms with Gasteiger partial charge in [-0.15, -0.1) is 0 Å². The van der Waals surface area contributed by atoms with Crippen molar-refractivity contribution in [3.05, 3.63) is 23.1 Å². The summed E-state index contributed by atoms with van der Waals surface area (Å²) in [7, 11) is 4.98. The molecular weight excluding hydrogens is 354 g/mol. The zero-order chi connectivity index (χ0) is 18.6. The molecule has 2 aromatic heterocycles. The van der Waals surface area contributed by atoms with Crippen LogP contribution in [0.5, 0.6) is 0 Å². The van der Waals surface area contributed by atoms with Gasteiger partial charge in [0.25, 0.3) is 0 Å². The lowest BCUT2D eigenvalue weighted by atomic mass is 10.1. The van der Waals surface area contributed by atoms with Crippen LogP contribution in [0.25, 0.3) is 10.9 Å². The molecule has 0 amide bonds. The number of halogens is 1. The van der Waals surface area contributed by atoms with Crippen LogP contribution < -0.4 is 5.32 Å². The minimum atomic E-state index is -1.10. The maximum absolute atomic E-state index is 6.29. The number of nitrogens with zero attached hydrogens (tertiary/aromatic N) is 4. The number of hydrogen-bond donors (Lipinski definition) is 1. The highest BCUT2D eigenvalue weighted by molar-refractivity contribution is 6.76. The number of fused-ring (bicyclic) bond motifs is 1. The topological polar surface area (TPSA) is 55.2 Å². The average molecular weight is 384 g/mol. The minimum absolute atomic E-state index is 0.139.